The van der Waals surface area contributed by atoms with Crippen molar-refractivity contribution in [3.05, 3.63) is 28.2 Å². The lowest BCUT2D eigenvalue weighted by molar-refractivity contribution is 0.264. The number of benzene rings is 1. The Morgan fingerprint density at radius 3 is 2.88 bits per heavy atom. The maximum Gasteiger partial charge on any atom is 0.0702 e. The first kappa shape index (κ1) is 11.9. The molecule has 1 aliphatic heterocycles. The van der Waals surface area contributed by atoms with Gasteiger partial charge in [0.25, 0.3) is 0 Å². The lowest BCUT2D eigenvalue weighted by atomic mass is 10.1. The molecule has 4 heteroatoms. The van der Waals surface area contributed by atoms with Crippen LogP contribution in [0.25, 0.3) is 0 Å². The molecule has 0 radical (unpaired) electrons. The van der Waals surface area contributed by atoms with Crippen LogP contribution in [-0.4, -0.2) is 29.4 Å². The van der Waals surface area contributed by atoms with Gasteiger partial charge in [0, 0.05) is 22.3 Å². The predicted molar refractivity (Wildman–Crippen MR) is 67.5 cm³/mol. The van der Waals surface area contributed by atoms with Gasteiger partial charge in [-0.2, -0.15) is 0 Å². The fraction of sp³-hybridized carbons (Fsp3) is 0.500. The molecule has 1 aromatic carbocycles. The first-order chi connectivity index (χ1) is 7.76. The zero-order valence-electron chi connectivity index (χ0n) is 9.06. The highest BCUT2D eigenvalue weighted by Gasteiger charge is 2.25. The Morgan fingerprint density at radius 2 is 2.19 bits per heavy atom. The molecule has 1 aromatic rings. The normalized spacial score (nSPS) is 20.4. The molecule has 0 bridgehead atoms. The Hall–Kier alpha value is -0.580. The molecule has 3 nitrogen and oxygen atoms in total. The first-order valence-corrected chi connectivity index (χ1v) is 6.32. The Morgan fingerprint density at radius 1 is 1.38 bits per heavy atom. The molecule has 0 saturated carbocycles. The van der Waals surface area contributed by atoms with Crippen LogP contribution < -0.4 is 4.90 Å². The van der Waals surface area contributed by atoms with Gasteiger partial charge in [0.05, 0.1) is 19.3 Å². The summed E-state index contributed by atoms with van der Waals surface area (Å²) in [5, 5.41) is 18.6. The van der Waals surface area contributed by atoms with E-state index in [4.69, 9.17) is 0 Å². The van der Waals surface area contributed by atoms with Crippen LogP contribution in [0.3, 0.4) is 0 Å². The average molecular weight is 286 g/mol. The van der Waals surface area contributed by atoms with E-state index in [1.807, 2.05) is 18.2 Å². The van der Waals surface area contributed by atoms with Crippen molar-refractivity contribution in [1.82, 2.24) is 0 Å². The number of aliphatic hydroxyl groups excluding tert-OH is 2. The number of anilines is 1. The summed E-state index contributed by atoms with van der Waals surface area (Å²) in [6, 6.07) is 6.06. The third-order valence-electron chi connectivity index (χ3n) is 3.12. The zero-order valence-corrected chi connectivity index (χ0v) is 10.7. The van der Waals surface area contributed by atoms with Crippen LogP contribution >= 0.6 is 15.9 Å². The van der Waals surface area contributed by atoms with Gasteiger partial charge in [-0.15, -0.1) is 0 Å². The molecule has 1 aliphatic rings. The Labute approximate surface area is 104 Å². The van der Waals surface area contributed by atoms with Crippen LogP contribution in [0.15, 0.2) is 22.7 Å². The van der Waals surface area contributed by atoms with Crippen LogP contribution in [0.4, 0.5) is 5.69 Å². The second-order valence-electron chi connectivity index (χ2n) is 4.10. The number of rotatable bonds is 3. The van der Waals surface area contributed by atoms with Gasteiger partial charge < -0.3 is 15.1 Å². The maximum absolute atomic E-state index is 9.32. The molecule has 1 atom stereocenters. The predicted octanol–water partition coefficient (Wildman–Crippen LogP) is 1.90. The van der Waals surface area contributed by atoms with E-state index in [-0.39, 0.29) is 19.3 Å². The van der Waals surface area contributed by atoms with E-state index in [9.17, 15) is 10.2 Å². The van der Waals surface area contributed by atoms with Gasteiger partial charge in [0.2, 0.25) is 0 Å². The minimum Gasteiger partial charge on any atom is -0.394 e. The van der Waals surface area contributed by atoms with E-state index in [0.29, 0.717) is 0 Å². The van der Waals surface area contributed by atoms with Gasteiger partial charge in [-0.3, -0.25) is 0 Å². The minimum absolute atomic E-state index is 0.0390. The van der Waals surface area contributed by atoms with E-state index in [1.165, 1.54) is 0 Å². The quantitative estimate of drug-likeness (QED) is 0.892. The maximum atomic E-state index is 9.32. The van der Waals surface area contributed by atoms with Crippen LogP contribution in [0.5, 0.6) is 0 Å². The molecular weight excluding hydrogens is 270 g/mol. The second kappa shape index (κ2) is 5.17. The molecule has 0 amide bonds. The zero-order chi connectivity index (χ0) is 11.5. The third kappa shape index (κ3) is 2.24. The van der Waals surface area contributed by atoms with Crippen LogP contribution in [0.2, 0.25) is 0 Å². The van der Waals surface area contributed by atoms with Crippen LogP contribution in [0.1, 0.15) is 18.4 Å². The van der Waals surface area contributed by atoms with Gasteiger partial charge in [-0.1, -0.05) is 22.0 Å². The molecule has 2 N–H and O–H groups in total. The minimum atomic E-state index is 0.0390. The Kier molecular flexibility index (Phi) is 3.84. The molecule has 1 saturated heterocycles. The van der Waals surface area contributed by atoms with E-state index < -0.39 is 0 Å². The first-order valence-electron chi connectivity index (χ1n) is 5.53. The molecule has 0 spiro atoms. The third-order valence-corrected chi connectivity index (χ3v) is 3.61. The Balaban J connectivity index is 2.34. The van der Waals surface area contributed by atoms with Gasteiger partial charge in [0.15, 0.2) is 0 Å². The molecule has 0 aliphatic carbocycles. The highest BCUT2D eigenvalue weighted by molar-refractivity contribution is 9.10. The largest absolute Gasteiger partial charge is 0.394 e. The number of aliphatic hydroxyl groups is 2. The van der Waals surface area contributed by atoms with Crippen LogP contribution in [-0.2, 0) is 6.61 Å². The fourth-order valence-corrected chi connectivity index (χ4v) is 2.63. The lowest BCUT2D eigenvalue weighted by Gasteiger charge is -2.27. The molecule has 1 heterocycles. The van der Waals surface area contributed by atoms with Crippen molar-refractivity contribution in [2.45, 2.75) is 25.5 Å². The van der Waals surface area contributed by atoms with Crippen molar-refractivity contribution in [2.75, 3.05) is 18.1 Å². The monoisotopic (exact) mass is 285 g/mol. The summed E-state index contributed by atoms with van der Waals surface area (Å²) >= 11 is 3.44. The number of halogens is 1. The lowest BCUT2D eigenvalue weighted by Crippen LogP contribution is -2.32. The van der Waals surface area contributed by atoms with E-state index >= 15 is 0 Å². The summed E-state index contributed by atoms with van der Waals surface area (Å²) in [5.74, 6) is 0. The van der Waals surface area contributed by atoms with Crippen molar-refractivity contribution in [3.8, 4) is 0 Å². The molecule has 1 unspecified atom stereocenters. The summed E-state index contributed by atoms with van der Waals surface area (Å²) in [6.07, 6.45) is 2.12. The summed E-state index contributed by atoms with van der Waals surface area (Å²) in [4.78, 5) is 2.19. The summed E-state index contributed by atoms with van der Waals surface area (Å²) in [5.41, 5.74) is 1.96. The average Bonchev–Trinajstić information content (AvgIpc) is 2.76. The van der Waals surface area contributed by atoms with Crippen LogP contribution in [0, 0.1) is 0 Å². The summed E-state index contributed by atoms with van der Waals surface area (Å²) < 4.78 is 1.00. The molecule has 2 rings (SSSR count). The van der Waals surface area contributed by atoms with Crippen molar-refractivity contribution < 1.29 is 10.2 Å². The van der Waals surface area contributed by atoms with Gasteiger partial charge >= 0.3 is 0 Å². The van der Waals surface area contributed by atoms with E-state index in [2.05, 4.69) is 20.8 Å². The fourth-order valence-electron chi connectivity index (χ4n) is 2.28. The van der Waals surface area contributed by atoms with E-state index in [1.54, 1.807) is 0 Å². The smallest absolute Gasteiger partial charge is 0.0702 e. The highest BCUT2D eigenvalue weighted by Crippen LogP contribution is 2.31. The number of hydrogen-bond acceptors (Lipinski definition) is 3. The SMILES string of the molecule is OCc1ccc(Br)cc1N1CCCC1CO. The molecule has 0 aromatic heterocycles. The van der Waals surface area contributed by atoms with Gasteiger partial charge in [-0.05, 0) is 25.0 Å². The number of hydrogen-bond donors (Lipinski definition) is 2. The molecule has 88 valence electrons. The summed E-state index contributed by atoms with van der Waals surface area (Å²) in [7, 11) is 0. The van der Waals surface area contributed by atoms with Crippen molar-refractivity contribution in [3.63, 3.8) is 0 Å². The Bertz CT molecular complexity index is 370. The van der Waals surface area contributed by atoms with Gasteiger partial charge in [0.1, 0.15) is 0 Å². The second-order valence-corrected chi connectivity index (χ2v) is 5.02. The standard InChI is InChI=1S/C12H16BrNO2/c13-10-4-3-9(7-15)12(6-10)14-5-1-2-11(14)8-16/h3-4,6,11,15-16H,1-2,5,7-8H2. The molecule has 1 fully saturated rings. The molecular formula is C12H16BrNO2. The van der Waals surface area contributed by atoms with Crippen molar-refractivity contribution in [2.24, 2.45) is 0 Å². The van der Waals surface area contributed by atoms with Gasteiger partial charge in [-0.25, -0.2) is 0 Å². The highest BCUT2D eigenvalue weighted by atomic mass is 79.9. The number of nitrogens with zero attached hydrogens (tertiary/aromatic N) is 1. The van der Waals surface area contributed by atoms with Crippen molar-refractivity contribution >= 4 is 21.6 Å². The van der Waals surface area contributed by atoms with Crippen molar-refractivity contribution in [1.29, 1.82) is 0 Å². The molecule has 16 heavy (non-hydrogen) atoms. The van der Waals surface area contributed by atoms with E-state index in [0.717, 1.165) is 35.1 Å². The topological polar surface area (TPSA) is 43.7 Å². The summed E-state index contributed by atoms with van der Waals surface area (Å²) in [6.45, 7) is 1.17.